The first-order valence-electron chi connectivity index (χ1n) is 13.6. The van der Waals surface area contributed by atoms with Crippen LogP contribution >= 0.6 is 0 Å². The molecule has 1 saturated heterocycles. The number of phenolic OH excluding ortho intramolecular Hbond substituents is 1. The predicted octanol–water partition coefficient (Wildman–Crippen LogP) is 2.32. The van der Waals surface area contributed by atoms with E-state index in [9.17, 15) is 34.1 Å². The number of hydrogen-bond donors (Lipinski definition) is 4. The van der Waals surface area contributed by atoms with Crippen LogP contribution in [-0.4, -0.2) is 89.1 Å². The molecule has 0 bridgehead atoms. The monoisotopic (exact) mass is 565 g/mol. The van der Waals surface area contributed by atoms with E-state index in [4.69, 9.17) is 10.5 Å². The van der Waals surface area contributed by atoms with Crippen LogP contribution in [0, 0.1) is 17.8 Å². The number of halogens is 1. The van der Waals surface area contributed by atoms with E-state index in [2.05, 4.69) is 0 Å². The zero-order valence-electron chi connectivity index (χ0n) is 23.0. The summed E-state index contributed by atoms with van der Waals surface area (Å²) in [5.41, 5.74) is 6.20. The van der Waals surface area contributed by atoms with E-state index in [1.165, 1.54) is 7.11 Å². The highest BCUT2D eigenvalue weighted by molar-refractivity contribution is 6.22. The standard InChI is InChI=1S/C30H32FN3O7/c1-33(2)23-17-7-13-8-18-21(26(37)19(13)25(36)20(17)27(38)22(28(23)39)30(32)40)24(35)16-6-12(9-34-10-14(31)11-34)4-5-15(16)29(18)41-3/h4-6,13-14,17,20,23,35-36,39H,7-11H2,1-3H3,(H2,32,40)/t13-,17?,20?,23+/m1/s1. The Morgan fingerprint density at radius 1 is 1.15 bits per heavy atom. The van der Waals surface area contributed by atoms with Gasteiger partial charge in [0.15, 0.2) is 11.6 Å². The first kappa shape index (κ1) is 27.2. The van der Waals surface area contributed by atoms with Gasteiger partial charge >= 0.3 is 0 Å². The van der Waals surface area contributed by atoms with Crippen molar-refractivity contribution in [1.82, 2.24) is 9.80 Å². The number of aromatic hydroxyl groups is 1. The number of methoxy groups -OCH3 is 1. The van der Waals surface area contributed by atoms with Crippen molar-refractivity contribution >= 4 is 28.2 Å². The van der Waals surface area contributed by atoms with Gasteiger partial charge in [0.2, 0.25) is 0 Å². The van der Waals surface area contributed by atoms with Gasteiger partial charge in [-0.15, -0.1) is 0 Å². The highest BCUT2D eigenvalue weighted by Crippen LogP contribution is 2.53. The van der Waals surface area contributed by atoms with Crippen molar-refractivity contribution in [2.24, 2.45) is 23.5 Å². The summed E-state index contributed by atoms with van der Waals surface area (Å²) >= 11 is 0. The van der Waals surface area contributed by atoms with Crippen LogP contribution in [0.15, 0.2) is 40.9 Å². The second-order valence-electron chi connectivity index (χ2n) is 11.7. The lowest BCUT2D eigenvalue weighted by Gasteiger charge is -2.46. The summed E-state index contributed by atoms with van der Waals surface area (Å²) in [7, 11) is 4.86. The molecule has 6 rings (SSSR count). The second kappa shape index (κ2) is 9.56. The average Bonchev–Trinajstić information content (AvgIpc) is 2.87. The van der Waals surface area contributed by atoms with E-state index in [0.717, 1.165) is 5.56 Å². The summed E-state index contributed by atoms with van der Waals surface area (Å²) in [5, 5.41) is 34.8. The average molecular weight is 566 g/mol. The van der Waals surface area contributed by atoms with Crippen LogP contribution in [0.25, 0.3) is 10.8 Å². The van der Waals surface area contributed by atoms with Crippen LogP contribution in [0.2, 0.25) is 0 Å². The van der Waals surface area contributed by atoms with Gasteiger partial charge in [0, 0.05) is 41.5 Å². The van der Waals surface area contributed by atoms with Gasteiger partial charge < -0.3 is 25.8 Å². The molecule has 11 heteroatoms. The van der Waals surface area contributed by atoms with Crippen molar-refractivity contribution in [3.8, 4) is 11.5 Å². The molecule has 4 aliphatic rings. The van der Waals surface area contributed by atoms with Crippen molar-refractivity contribution in [3.63, 3.8) is 0 Å². The molecule has 2 aromatic carbocycles. The number of nitrogens with zero attached hydrogens (tertiary/aromatic N) is 2. The van der Waals surface area contributed by atoms with Gasteiger partial charge in [-0.1, -0.05) is 12.1 Å². The molecule has 4 atom stereocenters. The molecule has 2 unspecified atom stereocenters. The lowest BCUT2D eigenvalue weighted by Crippen LogP contribution is -2.53. The number of allylic oxidation sites excluding steroid dienone is 2. The number of carbonyl (C=O) groups is 3. The number of hydrogen-bond acceptors (Lipinski definition) is 9. The number of alkyl halides is 1. The summed E-state index contributed by atoms with van der Waals surface area (Å²) in [6, 6.07) is 4.67. The third-order valence-electron chi connectivity index (χ3n) is 9.08. The Morgan fingerprint density at radius 2 is 1.85 bits per heavy atom. The third kappa shape index (κ3) is 3.93. The first-order chi connectivity index (χ1) is 19.4. The normalized spacial score (nSPS) is 26.7. The molecule has 10 nitrogen and oxygen atoms in total. The number of rotatable bonds is 5. The maximum atomic E-state index is 14.1. The number of Topliss-reactive ketones (excluding diaryl/α,β-unsaturated/α-hetero) is 2. The molecule has 0 radical (unpaired) electrons. The number of carbonyl (C=O) groups excluding carboxylic acids is 3. The molecule has 0 aromatic heterocycles. The van der Waals surface area contributed by atoms with E-state index in [1.54, 1.807) is 25.1 Å². The number of aliphatic hydroxyl groups is 2. The molecule has 1 amide bonds. The molecule has 1 aliphatic heterocycles. The molecule has 216 valence electrons. The van der Waals surface area contributed by atoms with E-state index in [1.807, 2.05) is 17.0 Å². The number of ether oxygens (including phenoxy) is 1. The fourth-order valence-electron chi connectivity index (χ4n) is 7.37. The van der Waals surface area contributed by atoms with Crippen molar-refractivity contribution in [2.45, 2.75) is 31.6 Å². The molecule has 2 aromatic rings. The van der Waals surface area contributed by atoms with Crippen LogP contribution in [0.4, 0.5) is 4.39 Å². The number of ketones is 2. The molecular weight excluding hydrogens is 533 g/mol. The first-order valence-corrected chi connectivity index (χ1v) is 13.6. The van der Waals surface area contributed by atoms with Crippen molar-refractivity contribution in [2.75, 3.05) is 34.3 Å². The van der Waals surface area contributed by atoms with Gasteiger partial charge in [-0.3, -0.25) is 24.2 Å². The zero-order chi connectivity index (χ0) is 29.5. The predicted molar refractivity (Wildman–Crippen MR) is 146 cm³/mol. The maximum Gasteiger partial charge on any atom is 0.255 e. The fourth-order valence-corrected chi connectivity index (χ4v) is 7.37. The van der Waals surface area contributed by atoms with Crippen molar-refractivity contribution in [3.05, 3.63) is 57.6 Å². The minimum Gasteiger partial charge on any atom is -0.511 e. The Labute approximate surface area is 235 Å². The summed E-state index contributed by atoms with van der Waals surface area (Å²) in [5.74, 6) is -5.68. The molecule has 0 spiro atoms. The highest BCUT2D eigenvalue weighted by Gasteiger charge is 2.54. The van der Waals surface area contributed by atoms with Gasteiger partial charge in [0.05, 0.1) is 24.6 Å². The van der Waals surface area contributed by atoms with E-state index >= 15 is 0 Å². The number of benzene rings is 2. The smallest absolute Gasteiger partial charge is 0.255 e. The Bertz CT molecular complexity index is 1590. The topological polar surface area (TPSA) is 154 Å². The molecule has 1 fully saturated rings. The number of likely N-dealkylation sites (tertiary alicyclic amines) is 1. The second-order valence-corrected chi connectivity index (χ2v) is 11.7. The molecule has 41 heavy (non-hydrogen) atoms. The van der Waals surface area contributed by atoms with E-state index in [0.29, 0.717) is 41.7 Å². The summed E-state index contributed by atoms with van der Waals surface area (Å²) in [4.78, 5) is 43.2. The Hall–Kier alpha value is -3.96. The van der Waals surface area contributed by atoms with Gasteiger partial charge in [0.1, 0.15) is 34.8 Å². The SMILES string of the molecule is COc1c2c(c(O)c3cc(CN4CC(F)C4)ccc13)C(=O)C1=C(O)C3C(=O)C(C(N)=O)=C(O)[C@@H](N(C)C)C3C[C@@H]1C2. The summed E-state index contributed by atoms with van der Waals surface area (Å²) in [6.45, 7) is 1.16. The van der Waals surface area contributed by atoms with E-state index in [-0.39, 0.29) is 29.7 Å². The number of nitrogens with two attached hydrogens (primary N) is 1. The molecule has 3 aliphatic carbocycles. The minimum absolute atomic E-state index is 0.00328. The largest absolute Gasteiger partial charge is 0.511 e. The highest BCUT2D eigenvalue weighted by atomic mass is 19.1. The maximum absolute atomic E-state index is 14.1. The summed E-state index contributed by atoms with van der Waals surface area (Å²) in [6.07, 6.45) is -0.350. The minimum atomic E-state index is -1.25. The van der Waals surface area contributed by atoms with Gasteiger partial charge in [-0.25, -0.2) is 4.39 Å². The molecule has 5 N–H and O–H groups in total. The quantitative estimate of drug-likeness (QED) is 0.400. The van der Waals surface area contributed by atoms with Crippen molar-refractivity contribution < 1.29 is 38.8 Å². The lowest BCUT2D eigenvalue weighted by atomic mass is 9.60. The van der Waals surface area contributed by atoms with Gasteiger partial charge in [0.25, 0.3) is 5.91 Å². The number of likely N-dealkylation sites (N-methyl/N-ethyl adjacent to an activating group) is 1. The van der Waals surface area contributed by atoms with Crippen LogP contribution in [0.1, 0.15) is 27.9 Å². The third-order valence-corrected chi connectivity index (χ3v) is 9.08. The molecule has 0 saturated carbocycles. The molecular formula is C30H32FN3O7. The van der Waals surface area contributed by atoms with Crippen LogP contribution in [-0.2, 0) is 22.6 Å². The van der Waals surface area contributed by atoms with Gasteiger partial charge in [-0.2, -0.15) is 0 Å². The van der Waals surface area contributed by atoms with E-state index < -0.39 is 64.5 Å². The Kier molecular flexibility index (Phi) is 6.35. The Morgan fingerprint density at radius 3 is 2.46 bits per heavy atom. The van der Waals surface area contributed by atoms with Crippen molar-refractivity contribution in [1.29, 1.82) is 0 Å². The summed E-state index contributed by atoms with van der Waals surface area (Å²) < 4.78 is 19.1. The van der Waals surface area contributed by atoms with Crippen LogP contribution < -0.4 is 10.5 Å². The number of fused-ring (bicyclic) bond motifs is 4. The van der Waals surface area contributed by atoms with Crippen LogP contribution in [0.5, 0.6) is 11.5 Å². The lowest BCUT2D eigenvalue weighted by molar-refractivity contribution is -0.127. The van der Waals surface area contributed by atoms with Crippen LogP contribution in [0.3, 0.4) is 0 Å². The number of amides is 1. The van der Waals surface area contributed by atoms with Gasteiger partial charge in [-0.05, 0) is 50.4 Å². The fraction of sp³-hybridized carbons (Fsp3) is 0.433. The number of phenols is 1. The number of aliphatic hydroxyl groups excluding tert-OH is 2. The molecule has 1 heterocycles. The zero-order valence-corrected chi connectivity index (χ0v) is 23.0. The number of primary amides is 1. The Balaban J connectivity index is 1.49.